The Labute approximate surface area is 81.9 Å². The van der Waals surface area contributed by atoms with E-state index in [0.717, 1.165) is 0 Å². The lowest BCUT2D eigenvalue weighted by Gasteiger charge is -2.29. The number of nitrogens with zero attached hydrogens (tertiary/aromatic N) is 2. The van der Waals surface area contributed by atoms with E-state index in [1.165, 1.54) is 4.90 Å². The zero-order chi connectivity index (χ0) is 10.6. The molecular weight excluding hydrogens is 184 g/mol. The van der Waals surface area contributed by atoms with Gasteiger partial charge >= 0.3 is 6.09 Å². The van der Waals surface area contributed by atoms with Crippen molar-refractivity contribution in [2.45, 2.75) is 19.3 Å². The van der Waals surface area contributed by atoms with Gasteiger partial charge in [0.15, 0.2) is 5.78 Å². The van der Waals surface area contributed by atoms with E-state index in [1.807, 2.05) is 0 Å². The van der Waals surface area contributed by atoms with Crippen molar-refractivity contribution in [3.05, 3.63) is 0 Å². The molecule has 1 rings (SSSR count). The largest absolute Gasteiger partial charge is 0.465 e. The van der Waals surface area contributed by atoms with Crippen LogP contribution in [0.4, 0.5) is 4.79 Å². The van der Waals surface area contributed by atoms with Crippen molar-refractivity contribution in [1.29, 1.82) is 5.26 Å². The van der Waals surface area contributed by atoms with E-state index < -0.39 is 6.09 Å². The van der Waals surface area contributed by atoms with Gasteiger partial charge in [0.2, 0.25) is 0 Å². The van der Waals surface area contributed by atoms with Crippen LogP contribution >= 0.6 is 0 Å². The van der Waals surface area contributed by atoms with E-state index in [9.17, 15) is 9.59 Å². The molecule has 76 valence electrons. The fourth-order valence-electron chi connectivity index (χ4n) is 1.64. The van der Waals surface area contributed by atoms with Crippen LogP contribution in [0.25, 0.3) is 0 Å². The summed E-state index contributed by atoms with van der Waals surface area (Å²) in [5.41, 5.74) is 0. The van der Waals surface area contributed by atoms with Gasteiger partial charge in [-0.15, -0.1) is 0 Å². The fourth-order valence-corrected chi connectivity index (χ4v) is 1.64. The summed E-state index contributed by atoms with van der Waals surface area (Å²) in [6.07, 6.45) is 0.302. The lowest BCUT2D eigenvalue weighted by molar-refractivity contribution is -0.123. The number of hydrogen-bond acceptors (Lipinski definition) is 3. The first-order valence-electron chi connectivity index (χ1n) is 4.52. The highest BCUT2D eigenvalue weighted by Crippen LogP contribution is 2.18. The summed E-state index contributed by atoms with van der Waals surface area (Å²) in [4.78, 5) is 23.2. The molecule has 0 bridgehead atoms. The molecule has 1 unspecified atom stereocenters. The smallest absolute Gasteiger partial charge is 0.407 e. The molecule has 0 aromatic heterocycles. The van der Waals surface area contributed by atoms with E-state index >= 15 is 0 Å². The Balaban J connectivity index is 2.52. The fraction of sp³-hybridized carbons (Fsp3) is 0.667. The van der Waals surface area contributed by atoms with Gasteiger partial charge < -0.3 is 10.0 Å². The second-order valence-corrected chi connectivity index (χ2v) is 3.37. The molecule has 1 N–H and O–H groups in total. The van der Waals surface area contributed by atoms with Gasteiger partial charge in [-0.2, -0.15) is 5.26 Å². The van der Waals surface area contributed by atoms with Crippen molar-refractivity contribution >= 4 is 11.9 Å². The lowest BCUT2D eigenvalue weighted by atomic mass is 9.93. The third-order valence-electron chi connectivity index (χ3n) is 2.40. The molecule has 0 saturated carbocycles. The van der Waals surface area contributed by atoms with Crippen molar-refractivity contribution in [2.75, 3.05) is 13.1 Å². The highest BCUT2D eigenvalue weighted by molar-refractivity contribution is 5.83. The summed E-state index contributed by atoms with van der Waals surface area (Å²) in [6, 6.07) is 1.79. The van der Waals surface area contributed by atoms with Gasteiger partial charge in [0.05, 0.1) is 12.5 Å². The molecule has 1 atom stereocenters. The molecule has 0 aromatic carbocycles. The average molecular weight is 196 g/mol. The molecular formula is C9H12N2O3. The maximum absolute atomic E-state index is 11.3. The molecule has 1 aliphatic heterocycles. The van der Waals surface area contributed by atoms with E-state index in [-0.39, 0.29) is 24.7 Å². The van der Waals surface area contributed by atoms with Crippen LogP contribution in [0.5, 0.6) is 0 Å². The maximum Gasteiger partial charge on any atom is 0.407 e. The van der Waals surface area contributed by atoms with Crippen LogP contribution in [-0.4, -0.2) is 35.0 Å². The Morgan fingerprint density at radius 1 is 1.57 bits per heavy atom. The Morgan fingerprint density at radius 3 is 2.86 bits per heavy atom. The van der Waals surface area contributed by atoms with Crippen LogP contribution in [0.2, 0.25) is 0 Å². The highest BCUT2D eigenvalue weighted by atomic mass is 16.4. The number of piperidine rings is 1. The van der Waals surface area contributed by atoms with Crippen LogP contribution in [0, 0.1) is 17.2 Å². The number of rotatable bonds is 2. The topological polar surface area (TPSA) is 81.4 Å². The van der Waals surface area contributed by atoms with Crippen molar-refractivity contribution in [1.82, 2.24) is 4.90 Å². The van der Waals surface area contributed by atoms with Gasteiger partial charge in [-0.05, 0) is 12.8 Å². The SMILES string of the molecule is N#CCC(=O)C1CCCN(C(=O)O)C1. The van der Waals surface area contributed by atoms with Crippen LogP contribution in [-0.2, 0) is 4.79 Å². The summed E-state index contributed by atoms with van der Waals surface area (Å²) in [6.45, 7) is 0.738. The maximum atomic E-state index is 11.3. The second kappa shape index (κ2) is 4.61. The number of ketones is 1. The normalized spacial score (nSPS) is 21.4. The molecule has 0 aromatic rings. The first-order chi connectivity index (χ1) is 6.65. The summed E-state index contributed by atoms with van der Waals surface area (Å²) < 4.78 is 0. The summed E-state index contributed by atoms with van der Waals surface area (Å²) >= 11 is 0. The van der Waals surface area contributed by atoms with Crippen molar-refractivity contribution in [3.63, 3.8) is 0 Å². The van der Waals surface area contributed by atoms with Gasteiger partial charge in [-0.1, -0.05) is 0 Å². The van der Waals surface area contributed by atoms with Crippen LogP contribution in [0.3, 0.4) is 0 Å². The number of carboxylic acid groups (broad SMARTS) is 1. The predicted molar refractivity (Wildman–Crippen MR) is 47.6 cm³/mol. The molecule has 5 heteroatoms. The summed E-state index contributed by atoms with van der Waals surface area (Å²) in [7, 11) is 0. The Kier molecular flexibility index (Phi) is 3.46. The van der Waals surface area contributed by atoms with E-state index in [2.05, 4.69) is 0 Å². The number of nitriles is 1. The van der Waals surface area contributed by atoms with Gasteiger partial charge in [0.1, 0.15) is 0 Å². The number of Topliss-reactive ketones (excluding diaryl/α,β-unsaturated/α-hetero) is 1. The van der Waals surface area contributed by atoms with Gasteiger partial charge in [0.25, 0.3) is 0 Å². The third kappa shape index (κ3) is 2.46. The molecule has 14 heavy (non-hydrogen) atoms. The molecule has 1 amide bonds. The van der Waals surface area contributed by atoms with E-state index in [1.54, 1.807) is 6.07 Å². The van der Waals surface area contributed by atoms with Gasteiger partial charge in [0, 0.05) is 19.0 Å². The van der Waals surface area contributed by atoms with Crippen molar-refractivity contribution in [3.8, 4) is 6.07 Å². The standard InChI is InChI=1S/C9H12N2O3/c10-4-3-8(12)7-2-1-5-11(6-7)9(13)14/h7H,1-3,5-6H2,(H,13,14). The summed E-state index contributed by atoms with van der Waals surface area (Å²) in [5.74, 6) is -0.419. The zero-order valence-electron chi connectivity index (χ0n) is 7.77. The van der Waals surface area contributed by atoms with Crippen LogP contribution < -0.4 is 0 Å². The van der Waals surface area contributed by atoms with Crippen LogP contribution in [0.15, 0.2) is 0 Å². The van der Waals surface area contributed by atoms with Crippen molar-refractivity contribution < 1.29 is 14.7 Å². The first kappa shape index (κ1) is 10.5. The molecule has 0 aliphatic carbocycles. The number of amides is 1. The molecule has 0 radical (unpaired) electrons. The predicted octanol–water partition coefficient (Wildman–Crippen LogP) is 0.859. The Bertz CT molecular complexity index is 282. The minimum absolute atomic E-state index is 0.113. The van der Waals surface area contributed by atoms with E-state index in [0.29, 0.717) is 19.4 Å². The molecule has 1 aliphatic rings. The lowest BCUT2D eigenvalue weighted by Crippen LogP contribution is -2.41. The zero-order valence-corrected chi connectivity index (χ0v) is 7.77. The molecule has 5 nitrogen and oxygen atoms in total. The second-order valence-electron chi connectivity index (χ2n) is 3.37. The number of hydrogen-bond donors (Lipinski definition) is 1. The van der Waals surface area contributed by atoms with Crippen molar-refractivity contribution in [2.24, 2.45) is 5.92 Å². The van der Waals surface area contributed by atoms with Gasteiger partial charge in [-0.3, -0.25) is 4.79 Å². The van der Waals surface area contributed by atoms with E-state index in [4.69, 9.17) is 10.4 Å². The molecule has 1 saturated heterocycles. The highest BCUT2D eigenvalue weighted by Gasteiger charge is 2.27. The quantitative estimate of drug-likeness (QED) is 0.710. The number of carbonyl (C=O) groups is 2. The first-order valence-corrected chi connectivity index (χ1v) is 4.52. The molecule has 1 heterocycles. The molecule has 1 fully saturated rings. The Hall–Kier alpha value is -1.57. The monoisotopic (exact) mass is 196 g/mol. The van der Waals surface area contributed by atoms with Crippen LogP contribution in [0.1, 0.15) is 19.3 Å². The average Bonchev–Trinajstić information content (AvgIpc) is 2.18. The molecule has 0 spiro atoms. The minimum atomic E-state index is -0.987. The number of likely N-dealkylation sites (tertiary alicyclic amines) is 1. The number of carbonyl (C=O) groups excluding carboxylic acids is 1. The Morgan fingerprint density at radius 2 is 2.29 bits per heavy atom. The third-order valence-corrected chi connectivity index (χ3v) is 2.40. The minimum Gasteiger partial charge on any atom is -0.465 e. The van der Waals surface area contributed by atoms with Gasteiger partial charge in [-0.25, -0.2) is 4.79 Å². The summed E-state index contributed by atoms with van der Waals surface area (Å²) in [5, 5.41) is 17.1.